The molecule has 104 valence electrons. The molecule has 0 spiro atoms. The highest BCUT2D eigenvalue weighted by molar-refractivity contribution is 5.47. The first kappa shape index (κ1) is 13.9. The van der Waals surface area contributed by atoms with E-state index >= 15 is 0 Å². The zero-order valence-corrected chi connectivity index (χ0v) is 10.7. The molecule has 6 heteroatoms. The van der Waals surface area contributed by atoms with E-state index in [1.165, 1.54) is 12.1 Å². The van der Waals surface area contributed by atoms with Gasteiger partial charge in [-0.2, -0.15) is 4.39 Å². The number of anilines is 1. The summed E-state index contributed by atoms with van der Waals surface area (Å²) in [6.07, 6.45) is 0. The fraction of sp³-hybridized carbons (Fsp3) is 0.143. The molecule has 0 radical (unpaired) electrons. The van der Waals surface area contributed by atoms with E-state index in [0.29, 0.717) is 23.4 Å². The van der Waals surface area contributed by atoms with Gasteiger partial charge < -0.3 is 5.32 Å². The molecule has 2 aromatic carbocycles. The van der Waals surface area contributed by atoms with Gasteiger partial charge in [0.25, 0.3) is 0 Å². The zero-order valence-electron chi connectivity index (χ0n) is 10.7. The Morgan fingerprint density at radius 2 is 1.90 bits per heavy atom. The molecule has 0 fully saturated rings. The second kappa shape index (κ2) is 5.64. The van der Waals surface area contributed by atoms with Crippen molar-refractivity contribution in [3.63, 3.8) is 0 Å². The fourth-order valence-electron chi connectivity index (χ4n) is 1.77. The number of nitrogens with one attached hydrogen (secondary N) is 1. The van der Waals surface area contributed by atoms with E-state index in [1.807, 2.05) is 0 Å². The molecule has 0 aliphatic rings. The van der Waals surface area contributed by atoms with E-state index in [-0.39, 0.29) is 5.82 Å². The van der Waals surface area contributed by atoms with Gasteiger partial charge in [0.1, 0.15) is 5.82 Å². The van der Waals surface area contributed by atoms with Crippen molar-refractivity contribution in [3.05, 3.63) is 69.3 Å². The molecule has 2 aromatic rings. The minimum absolute atomic E-state index is 0.292. The highest BCUT2D eigenvalue weighted by atomic mass is 19.1. The molecule has 0 bridgehead atoms. The summed E-state index contributed by atoms with van der Waals surface area (Å²) in [4.78, 5) is 9.73. The number of hydrogen-bond donors (Lipinski definition) is 1. The summed E-state index contributed by atoms with van der Waals surface area (Å²) >= 11 is 0. The third-order valence-corrected chi connectivity index (χ3v) is 2.86. The molecule has 0 atom stereocenters. The standard InChI is InChI=1S/C14H12F2N2O2/c1-9-6-11(3-4-12(9)15)17-8-10-2-5-14(18(19)20)13(16)7-10/h2-7,17H,8H2,1H3. The largest absolute Gasteiger partial charge is 0.381 e. The van der Waals surface area contributed by atoms with E-state index in [9.17, 15) is 18.9 Å². The van der Waals surface area contributed by atoms with Crippen molar-refractivity contribution >= 4 is 11.4 Å². The molecule has 20 heavy (non-hydrogen) atoms. The molecule has 0 unspecified atom stereocenters. The lowest BCUT2D eigenvalue weighted by atomic mass is 10.1. The number of aryl methyl sites for hydroxylation is 1. The molecule has 0 aliphatic carbocycles. The molecule has 4 nitrogen and oxygen atoms in total. The van der Waals surface area contributed by atoms with Gasteiger partial charge in [0.15, 0.2) is 0 Å². The normalized spacial score (nSPS) is 10.3. The van der Waals surface area contributed by atoms with Crippen molar-refractivity contribution in [3.8, 4) is 0 Å². The van der Waals surface area contributed by atoms with Crippen molar-refractivity contribution in [2.24, 2.45) is 0 Å². The third kappa shape index (κ3) is 3.09. The van der Waals surface area contributed by atoms with Gasteiger partial charge in [0, 0.05) is 18.3 Å². The number of benzene rings is 2. The van der Waals surface area contributed by atoms with Crippen LogP contribution < -0.4 is 5.32 Å². The van der Waals surface area contributed by atoms with Gasteiger partial charge in [-0.05, 0) is 42.3 Å². The summed E-state index contributed by atoms with van der Waals surface area (Å²) < 4.78 is 26.5. The Labute approximate surface area is 114 Å². The van der Waals surface area contributed by atoms with Gasteiger partial charge in [-0.15, -0.1) is 0 Å². The third-order valence-electron chi connectivity index (χ3n) is 2.86. The van der Waals surface area contributed by atoms with E-state index in [4.69, 9.17) is 0 Å². The van der Waals surface area contributed by atoms with Crippen molar-refractivity contribution in [1.82, 2.24) is 0 Å². The van der Waals surface area contributed by atoms with Crippen LogP contribution in [0.3, 0.4) is 0 Å². The van der Waals surface area contributed by atoms with E-state index in [2.05, 4.69) is 5.32 Å². The Morgan fingerprint density at radius 1 is 1.15 bits per heavy atom. The maximum absolute atomic E-state index is 13.4. The smallest absolute Gasteiger partial charge is 0.304 e. The first-order chi connectivity index (χ1) is 9.47. The van der Waals surface area contributed by atoms with Crippen LogP contribution in [0.5, 0.6) is 0 Å². The Bertz CT molecular complexity index is 660. The molecule has 0 heterocycles. The summed E-state index contributed by atoms with van der Waals surface area (Å²) in [6.45, 7) is 1.94. The molecule has 1 N–H and O–H groups in total. The summed E-state index contributed by atoms with van der Waals surface area (Å²) in [5.41, 5.74) is 1.22. The minimum atomic E-state index is -0.871. The monoisotopic (exact) mass is 278 g/mol. The van der Waals surface area contributed by atoms with Crippen LogP contribution in [0.15, 0.2) is 36.4 Å². The van der Waals surface area contributed by atoms with Crippen molar-refractivity contribution in [2.45, 2.75) is 13.5 Å². The predicted molar refractivity (Wildman–Crippen MR) is 71.5 cm³/mol. The van der Waals surface area contributed by atoms with Gasteiger partial charge in [0.2, 0.25) is 5.82 Å². The van der Waals surface area contributed by atoms with E-state index in [0.717, 1.165) is 12.1 Å². The van der Waals surface area contributed by atoms with Gasteiger partial charge in [0.05, 0.1) is 4.92 Å². The van der Waals surface area contributed by atoms with Crippen LogP contribution in [-0.4, -0.2) is 4.92 Å². The molecule has 0 saturated heterocycles. The molecule has 0 aliphatic heterocycles. The van der Waals surface area contributed by atoms with Gasteiger partial charge >= 0.3 is 5.69 Å². The van der Waals surface area contributed by atoms with Crippen LogP contribution in [0.25, 0.3) is 0 Å². The second-order valence-electron chi connectivity index (χ2n) is 4.36. The van der Waals surface area contributed by atoms with Gasteiger partial charge in [-0.1, -0.05) is 6.07 Å². The number of hydrogen-bond acceptors (Lipinski definition) is 3. The molecule has 0 aromatic heterocycles. The Hall–Kier alpha value is -2.50. The van der Waals surface area contributed by atoms with Crippen LogP contribution >= 0.6 is 0 Å². The van der Waals surface area contributed by atoms with Crippen LogP contribution in [0, 0.1) is 28.7 Å². The highest BCUT2D eigenvalue weighted by Crippen LogP contribution is 2.19. The SMILES string of the molecule is Cc1cc(NCc2ccc([N+](=O)[O-])c(F)c2)ccc1F. The van der Waals surface area contributed by atoms with Crippen LogP contribution in [-0.2, 0) is 6.54 Å². The van der Waals surface area contributed by atoms with Crippen LogP contribution in [0.1, 0.15) is 11.1 Å². The quantitative estimate of drug-likeness (QED) is 0.683. The maximum Gasteiger partial charge on any atom is 0.304 e. The summed E-state index contributed by atoms with van der Waals surface area (Å²) in [7, 11) is 0. The van der Waals surface area contributed by atoms with Gasteiger partial charge in [-0.25, -0.2) is 4.39 Å². The fourth-order valence-corrected chi connectivity index (χ4v) is 1.77. The van der Waals surface area contributed by atoms with Crippen LogP contribution in [0.4, 0.5) is 20.2 Å². The highest BCUT2D eigenvalue weighted by Gasteiger charge is 2.13. The summed E-state index contributed by atoms with van der Waals surface area (Å²) in [5.74, 6) is -1.17. The molecular weight excluding hydrogens is 266 g/mol. The second-order valence-corrected chi connectivity index (χ2v) is 4.36. The zero-order chi connectivity index (χ0) is 14.7. The lowest BCUT2D eigenvalue weighted by molar-refractivity contribution is -0.387. The lowest BCUT2D eigenvalue weighted by Crippen LogP contribution is -2.01. The number of nitrogens with zero attached hydrogens (tertiary/aromatic N) is 1. The van der Waals surface area contributed by atoms with Crippen molar-refractivity contribution < 1.29 is 13.7 Å². The summed E-state index contributed by atoms with van der Waals surface area (Å²) in [6, 6.07) is 8.27. The minimum Gasteiger partial charge on any atom is -0.381 e. The number of nitro benzene ring substituents is 1. The lowest BCUT2D eigenvalue weighted by Gasteiger charge is -2.08. The predicted octanol–water partition coefficient (Wildman–Crippen LogP) is 3.79. The van der Waals surface area contributed by atoms with Gasteiger partial charge in [-0.3, -0.25) is 10.1 Å². The van der Waals surface area contributed by atoms with Crippen molar-refractivity contribution in [1.29, 1.82) is 0 Å². The molecule has 2 rings (SSSR count). The number of nitro groups is 1. The number of rotatable bonds is 4. The Kier molecular flexibility index (Phi) is 3.93. The van der Waals surface area contributed by atoms with Crippen LogP contribution in [0.2, 0.25) is 0 Å². The average Bonchev–Trinajstić information content (AvgIpc) is 2.40. The first-order valence-corrected chi connectivity index (χ1v) is 5.90. The maximum atomic E-state index is 13.4. The summed E-state index contributed by atoms with van der Waals surface area (Å²) in [5, 5.41) is 13.5. The molecular formula is C14H12F2N2O2. The van der Waals surface area contributed by atoms with E-state index < -0.39 is 16.4 Å². The van der Waals surface area contributed by atoms with Crippen molar-refractivity contribution in [2.75, 3.05) is 5.32 Å². The first-order valence-electron chi connectivity index (χ1n) is 5.90. The Balaban J connectivity index is 2.09. The topological polar surface area (TPSA) is 55.2 Å². The van der Waals surface area contributed by atoms with E-state index in [1.54, 1.807) is 19.1 Å². The molecule has 0 saturated carbocycles. The molecule has 0 amide bonds. The Morgan fingerprint density at radius 3 is 2.50 bits per heavy atom. The number of halogens is 2. The average molecular weight is 278 g/mol.